The van der Waals surface area contributed by atoms with Crippen molar-refractivity contribution in [2.24, 2.45) is 5.73 Å². The zero-order chi connectivity index (χ0) is 11.3. The molecule has 88 valence electrons. The number of rotatable bonds is 4. The summed E-state index contributed by atoms with van der Waals surface area (Å²) in [6.45, 7) is 1.99. The van der Waals surface area contributed by atoms with Crippen LogP contribution < -0.4 is 5.73 Å². The summed E-state index contributed by atoms with van der Waals surface area (Å²) >= 11 is 0. The summed E-state index contributed by atoms with van der Waals surface area (Å²) in [4.78, 5) is 0. The van der Waals surface area contributed by atoms with E-state index in [1.165, 1.54) is 0 Å². The van der Waals surface area contributed by atoms with E-state index < -0.39 is 12.1 Å². The smallest absolute Gasteiger partial charge is 0.0995 e. The first kappa shape index (κ1) is 14.9. The van der Waals surface area contributed by atoms with Crippen LogP contribution in [0.1, 0.15) is 36.9 Å². The summed E-state index contributed by atoms with van der Waals surface area (Å²) in [6.07, 6.45) is 0.953. The van der Waals surface area contributed by atoms with Crippen molar-refractivity contribution in [1.29, 1.82) is 5.26 Å². The molecule has 4 heteroatoms. The van der Waals surface area contributed by atoms with E-state index in [1.54, 1.807) is 18.2 Å². The zero-order valence-corrected chi connectivity index (χ0v) is 10.1. The first-order valence-electron chi connectivity index (χ1n) is 5.13. The molecule has 0 saturated heterocycles. The number of hydrogen-bond acceptors (Lipinski definition) is 3. The molecule has 0 spiro atoms. The maximum absolute atomic E-state index is 9.76. The Hall–Kier alpha value is -1.08. The molecule has 1 rings (SSSR count). The molecule has 0 radical (unpaired) electrons. The molecule has 0 bridgehead atoms. The summed E-state index contributed by atoms with van der Waals surface area (Å²) < 4.78 is 0. The number of aliphatic hydroxyl groups excluding tert-OH is 1. The Morgan fingerprint density at radius 3 is 2.62 bits per heavy atom. The minimum Gasteiger partial charge on any atom is -0.391 e. The summed E-state index contributed by atoms with van der Waals surface area (Å²) in [7, 11) is 0. The first-order chi connectivity index (χ1) is 7.20. The third-order valence-electron chi connectivity index (χ3n) is 2.44. The molecule has 0 saturated carbocycles. The molecule has 0 aliphatic carbocycles. The van der Waals surface area contributed by atoms with Gasteiger partial charge in [-0.05, 0) is 18.1 Å². The highest BCUT2D eigenvalue weighted by Gasteiger charge is 2.18. The predicted octanol–water partition coefficient (Wildman–Crippen LogP) is 2.14. The second-order valence-corrected chi connectivity index (χ2v) is 3.58. The van der Waals surface area contributed by atoms with Gasteiger partial charge in [-0.25, -0.2) is 0 Å². The van der Waals surface area contributed by atoms with Crippen molar-refractivity contribution in [2.75, 3.05) is 0 Å². The Bertz CT molecular complexity index is 362. The van der Waals surface area contributed by atoms with Gasteiger partial charge >= 0.3 is 0 Å². The van der Waals surface area contributed by atoms with Crippen LogP contribution in [0.4, 0.5) is 0 Å². The van der Waals surface area contributed by atoms with Crippen LogP contribution in [0.15, 0.2) is 24.3 Å². The van der Waals surface area contributed by atoms with Gasteiger partial charge in [0.15, 0.2) is 0 Å². The molecule has 0 aliphatic heterocycles. The molecule has 2 atom stereocenters. The fourth-order valence-corrected chi connectivity index (χ4v) is 1.57. The van der Waals surface area contributed by atoms with E-state index in [9.17, 15) is 5.11 Å². The molecule has 0 fully saturated rings. The molecule has 3 nitrogen and oxygen atoms in total. The lowest BCUT2D eigenvalue weighted by molar-refractivity contribution is 0.134. The van der Waals surface area contributed by atoms with Gasteiger partial charge in [-0.1, -0.05) is 31.5 Å². The Morgan fingerprint density at radius 1 is 1.44 bits per heavy atom. The molecule has 0 unspecified atom stereocenters. The monoisotopic (exact) mass is 240 g/mol. The highest BCUT2D eigenvalue weighted by Crippen LogP contribution is 2.20. The third-order valence-corrected chi connectivity index (χ3v) is 2.44. The number of halogens is 1. The second-order valence-electron chi connectivity index (χ2n) is 3.58. The molecule has 16 heavy (non-hydrogen) atoms. The number of nitriles is 1. The number of benzene rings is 1. The summed E-state index contributed by atoms with van der Waals surface area (Å²) in [5, 5.41) is 18.6. The molecular formula is C12H17ClN2O. The normalized spacial score (nSPS) is 13.4. The first-order valence-corrected chi connectivity index (χ1v) is 5.13. The van der Waals surface area contributed by atoms with Crippen molar-refractivity contribution >= 4 is 12.4 Å². The van der Waals surface area contributed by atoms with Gasteiger partial charge in [-0.3, -0.25) is 0 Å². The van der Waals surface area contributed by atoms with Crippen molar-refractivity contribution in [3.05, 3.63) is 35.4 Å². The molecule has 3 N–H and O–H groups in total. The van der Waals surface area contributed by atoms with Crippen LogP contribution in [0.5, 0.6) is 0 Å². The van der Waals surface area contributed by atoms with Gasteiger partial charge in [0, 0.05) is 0 Å². The molecule has 0 heterocycles. The van der Waals surface area contributed by atoms with E-state index in [0.717, 1.165) is 12.0 Å². The summed E-state index contributed by atoms with van der Waals surface area (Å²) in [6, 6.07) is 8.74. The van der Waals surface area contributed by atoms with Crippen LogP contribution in [-0.4, -0.2) is 11.2 Å². The second kappa shape index (κ2) is 7.24. The van der Waals surface area contributed by atoms with Crippen molar-refractivity contribution in [2.45, 2.75) is 31.9 Å². The maximum Gasteiger partial charge on any atom is 0.0995 e. The topological polar surface area (TPSA) is 70.0 Å². The average Bonchev–Trinajstić information content (AvgIpc) is 2.28. The summed E-state index contributed by atoms with van der Waals surface area (Å²) in [5.41, 5.74) is 7.16. The molecule has 1 aromatic carbocycles. The largest absolute Gasteiger partial charge is 0.391 e. The lowest BCUT2D eigenvalue weighted by atomic mass is 9.95. The maximum atomic E-state index is 9.76. The number of nitrogens with two attached hydrogens (primary N) is 1. The predicted molar refractivity (Wildman–Crippen MR) is 66.2 cm³/mol. The van der Waals surface area contributed by atoms with Gasteiger partial charge in [0.1, 0.15) is 0 Å². The molecule has 0 aromatic heterocycles. The third kappa shape index (κ3) is 3.49. The van der Waals surface area contributed by atoms with Crippen LogP contribution in [0, 0.1) is 11.3 Å². The van der Waals surface area contributed by atoms with Crippen LogP contribution >= 0.6 is 12.4 Å². The van der Waals surface area contributed by atoms with Crippen LogP contribution in [0.25, 0.3) is 0 Å². The molecule has 0 aliphatic rings. The number of aliphatic hydroxyl groups is 1. The van der Waals surface area contributed by atoms with E-state index in [4.69, 9.17) is 11.0 Å². The van der Waals surface area contributed by atoms with Gasteiger partial charge in [0.25, 0.3) is 0 Å². The Labute approximate surface area is 102 Å². The minimum atomic E-state index is -0.579. The minimum absolute atomic E-state index is 0. The van der Waals surface area contributed by atoms with Gasteiger partial charge in [0.05, 0.1) is 23.8 Å². The van der Waals surface area contributed by atoms with Gasteiger partial charge in [-0.2, -0.15) is 5.26 Å². The van der Waals surface area contributed by atoms with Gasteiger partial charge < -0.3 is 10.8 Å². The Kier molecular flexibility index (Phi) is 6.75. The Balaban J connectivity index is 0.00000225. The van der Waals surface area contributed by atoms with E-state index in [0.29, 0.717) is 12.0 Å². The van der Waals surface area contributed by atoms with Crippen LogP contribution in [0.2, 0.25) is 0 Å². The standard InChI is InChI=1S/C12H16N2O.ClH/c1-2-5-11(15)12(14)10-7-4-3-6-9(10)8-13;/h3-4,6-7,11-12,15H,2,5,14H2,1H3;1H/t11-,12+;/m1./s1. The van der Waals surface area contributed by atoms with Crippen molar-refractivity contribution < 1.29 is 5.11 Å². The number of hydrogen-bond donors (Lipinski definition) is 2. The lowest BCUT2D eigenvalue weighted by Gasteiger charge is -2.19. The highest BCUT2D eigenvalue weighted by molar-refractivity contribution is 5.85. The van der Waals surface area contributed by atoms with Crippen LogP contribution in [-0.2, 0) is 0 Å². The van der Waals surface area contributed by atoms with Gasteiger partial charge in [-0.15, -0.1) is 12.4 Å². The average molecular weight is 241 g/mol. The van der Waals surface area contributed by atoms with E-state index >= 15 is 0 Å². The quantitative estimate of drug-likeness (QED) is 0.847. The van der Waals surface area contributed by atoms with Crippen molar-refractivity contribution in [3.8, 4) is 6.07 Å². The fraction of sp³-hybridized carbons (Fsp3) is 0.417. The lowest BCUT2D eigenvalue weighted by Crippen LogP contribution is -2.26. The van der Waals surface area contributed by atoms with E-state index in [1.807, 2.05) is 13.0 Å². The van der Waals surface area contributed by atoms with E-state index in [2.05, 4.69) is 6.07 Å². The van der Waals surface area contributed by atoms with Crippen molar-refractivity contribution in [1.82, 2.24) is 0 Å². The zero-order valence-electron chi connectivity index (χ0n) is 9.26. The van der Waals surface area contributed by atoms with E-state index in [-0.39, 0.29) is 12.4 Å². The highest BCUT2D eigenvalue weighted by atomic mass is 35.5. The van der Waals surface area contributed by atoms with Crippen LogP contribution in [0.3, 0.4) is 0 Å². The van der Waals surface area contributed by atoms with Crippen molar-refractivity contribution in [3.63, 3.8) is 0 Å². The molecule has 0 amide bonds. The Morgan fingerprint density at radius 2 is 2.06 bits per heavy atom. The molecule has 1 aromatic rings. The molecular weight excluding hydrogens is 224 g/mol. The summed E-state index contributed by atoms with van der Waals surface area (Å²) in [5.74, 6) is 0. The SMILES string of the molecule is CCC[C@@H](O)[C@@H](N)c1ccccc1C#N.Cl. The fourth-order valence-electron chi connectivity index (χ4n) is 1.57. The van der Waals surface area contributed by atoms with Gasteiger partial charge in [0.2, 0.25) is 0 Å². The number of nitrogens with zero attached hydrogens (tertiary/aromatic N) is 1.